The minimum Gasteiger partial charge on any atom is -0.391 e. The number of aliphatic hydroxyl groups is 1. The summed E-state index contributed by atoms with van der Waals surface area (Å²) in [5.41, 5.74) is -0.138. The SMILES string of the molecule is O=C(Cn1cc([N+](=O)[O-])cn1)N1CCC[C@H](O)C1. The zero-order chi connectivity index (χ0) is 13.1. The molecule has 0 unspecified atom stereocenters. The molecule has 1 aromatic rings. The van der Waals surface area contributed by atoms with Gasteiger partial charge >= 0.3 is 5.69 Å². The highest BCUT2D eigenvalue weighted by molar-refractivity contribution is 5.76. The van der Waals surface area contributed by atoms with E-state index in [0.29, 0.717) is 19.5 Å². The van der Waals surface area contributed by atoms with E-state index in [1.807, 2.05) is 0 Å². The largest absolute Gasteiger partial charge is 0.391 e. The first-order valence-corrected chi connectivity index (χ1v) is 5.69. The number of β-amino-alcohol motifs (C(OH)–C–C–N with tert-alkyl or cyclic N) is 1. The minimum atomic E-state index is -0.557. The van der Waals surface area contributed by atoms with Crippen molar-refractivity contribution in [3.8, 4) is 0 Å². The fraction of sp³-hybridized carbons (Fsp3) is 0.600. The van der Waals surface area contributed by atoms with Crippen molar-refractivity contribution in [2.75, 3.05) is 13.1 Å². The number of aromatic nitrogens is 2. The Morgan fingerprint density at radius 3 is 3.06 bits per heavy atom. The van der Waals surface area contributed by atoms with Gasteiger partial charge in [-0.05, 0) is 12.8 Å². The number of likely N-dealkylation sites (tertiary alicyclic amines) is 1. The third-order valence-electron chi connectivity index (χ3n) is 2.88. The van der Waals surface area contributed by atoms with Gasteiger partial charge < -0.3 is 10.0 Å². The maximum absolute atomic E-state index is 11.9. The van der Waals surface area contributed by atoms with Crippen molar-refractivity contribution in [1.82, 2.24) is 14.7 Å². The molecule has 1 aromatic heterocycles. The van der Waals surface area contributed by atoms with Crippen molar-refractivity contribution < 1.29 is 14.8 Å². The van der Waals surface area contributed by atoms with Gasteiger partial charge in [-0.3, -0.25) is 19.6 Å². The van der Waals surface area contributed by atoms with Gasteiger partial charge in [0, 0.05) is 13.1 Å². The van der Waals surface area contributed by atoms with Crippen LogP contribution in [0.2, 0.25) is 0 Å². The quantitative estimate of drug-likeness (QED) is 0.593. The van der Waals surface area contributed by atoms with Crippen molar-refractivity contribution in [2.45, 2.75) is 25.5 Å². The van der Waals surface area contributed by atoms with Gasteiger partial charge in [-0.25, -0.2) is 0 Å². The van der Waals surface area contributed by atoms with Gasteiger partial charge in [-0.15, -0.1) is 0 Å². The third-order valence-corrected chi connectivity index (χ3v) is 2.88. The molecule has 18 heavy (non-hydrogen) atoms. The summed E-state index contributed by atoms with van der Waals surface area (Å²) in [6.07, 6.45) is 3.33. The molecule has 2 heterocycles. The summed E-state index contributed by atoms with van der Waals surface area (Å²) in [6.45, 7) is 0.891. The molecule has 1 atom stereocenters. The minimum absolute atomic E-state index is 0.0411. The van der Waals surface area contributed by atoms with E-state index in [4.69, 9.17) is 0 Å². The number of amides is 1. The summed E-state index contributed by atoms with van der Waals surface area (Å²) in [6, 6.07) is 0. The molecule has 1 amide bonds. The Morgan fingerprint density at radius 1 is 1.67 bits per heavy atom. The van der Waals surface area contributed by atoms with E-state index in [9.17, 15) is 20.0 Å². The predicted octanol–water partition coefficient (Wildman–Crippen LogP) is -0.225. The van der Waals surface area contributed by atoms with Crippen LogP contribution in [-0.4, -0.2) is 49.8 Å². The number of hydrogen-bond acceptors (Lipinski definition) is 5. The van der Waals surface area contributed by atoms with Gasteiger partial charge in [0.05, 0.1) is 11.0 Å². The van der Waals surface area contributed by atoms with Crippen LogP contribution in [-0.2, 0) is 11.3 Å². The van der Waals surface area contributed by atoms with E-state index in [1.54, 1.807) is 4.90 Å². The highest BCUT2D eigenvalue weighted by Crippen LogP contribution is 2.12. The lowest BCUT2D eigenvalue weighted by molar-refractivity contribution is -0.385. The van der Waals surface area contributed by atoms with Gasteiger partial charge in [0.1, 0.15) is 18.9 Å². The lowest BCUT2D eigenvalue weighted by atomic mass is 10.1. The second-order valence-corrected chi connectivity index (χ2v) is 4.29. The van der Waals surface area contributed by atoms with E-state index in [1.165, 1.54) is 10.9 Å². The highest BCUT2D eigenvalue weighted by Gasteiger charge is 2.22. The van der Waals surface area contributed by atoms with Crippen LogP contribution in [0.15, 0.2) is 12.4 Å². The Morgan fingerprint density at radius 2 is 2.44 bits per heavy atom. The Bertz CT molecular complexity index is 458. The molecule has 0 spiro atoms. The number of carbonyl (C=O) groups is 1. The second kappa shape index (κ2) is 5.13. The predicted molar refractivity (Wildman–Crippen MR) is 60.7 cm³/mol. The molecule has 2 rings (SSSR count). The molecule has 1 aliphatic rings. The first kappa shape index (κ1) is 12.5. The van der Waals surface area contributed by atoms with Gasteiger partial charge in [0.2, 0.25) is 5.91 Å². The zero-order valence-electron chi connectivity index (χ0n) is 9.73. The molecule has 1 saturated heterocycles. The molecule has 8 heteroatoms. The molecule has 0 saturated carbocycles. The number of nitro groups is 1. The molecule has 1 fully saturated rings. The van der Waals surface area contributed by atoms with Crippen molar-refractivity contribution in [2.24, 2.45) is 0 Å². The maximum Gasteiger partial charge on any atom is 0.307 e. The molecule has 0 radical (unpaired) electrons. The number of hydrogen-bond donors (Lipinski definition) is 1. The van der Waals surface area contributed by atoms with Crippen LogP contribution in [0, 0.1) is 10.1 Å². The van der Waals surface area contributed by atoms with Gasteiger partial charge in [-0.2, -0.15) is 5.10 Å². The van der Waals surface area contributed by atoms with Crippen LogP contribution in [0.5, 0.6) is 0 Å². The molecule has 98 valence electrons. The summed E-state index contributed by atoms with van der Waals surface area (Å²) in [5.74, 6) is -0.188. The van der Waals surface area contributed by atoms with Crippen LogP contribution < -0.4 is 0 Å². The summed E-state index contributed by atoms with van der Waals surface area (Å²) in [4.78, 5) is 23.3. The van der Waals surface area contributed by atoms with Crippen LogP contribution in [0.25, 0.3) is 0 Å². The summed E-state index contributed by atoms with van der Waals surface area (Å²) < 4.78 is 1.24. The number of carbonyl (C=O) groups excluding carboxylic acids is 1. The number of nitrogens with zero attached hydrogens (tertiary/aromatic N) is 4. The van der Waals surface area contributed by atoms with E-state index in [-0.39, 0.29) is 18.1 Å². The van der Waals surface area contributed by atoms with Crippen LogP contribution >= 0.6 is 0 Å². The molecular weight excluding hydrogens is 240 g/mol. The number of piperidine rings is 1. The topological polar surface area (TPSA) is 102 Å². The summed E-state index contributed by atoms with van der Waals surface area (Å²) >= 11 is 0. The maximum atomic E-state index is 11.9. The van der Waals surface area contributed by atoms with E-state index >= 15 is 0 Å². The average molecular weight is 254 g/mol. The summed E-state index contributed by atoms with van der Waals surface area (Å²) in [5, 5.41) is 23.7. The molecule has 1 N–H and O–H groups in total. The molecule has 1 aliphatic heterocycles. The Balaban J connectivity index is 1.95. The van der Waals surface area contributed by atoms with Crippen LogP contribution in [0.3, 0.4) is 0 Å². The second-order valence-electron chi connectivity index (χ2n) is 4.29. The standard InChI is InChI=1S/C10H14N4O4/c15-9-2-1-3-12(6-9)10(16)7-13-5-8(4-11-13)14(17)18/h4-5,9,15H,1-3,6-7H2/t9-/m0/s1. The van der Waals surface area contributed by atoms with Gasteiger partial charge in [0.25, 0.3) is 0 Å². The highest BCUT2D eigenvalue weighted by atomic mass is 16.6. The summed E-state index contributed by atoms with van der Waals surface area (Å²) in [7, 11) is 0. The van der Waals surface area contributed by atoms with Crippen molar-refractivity contribution in [3.63, 3.8) is 0 Å². The lowest BCUT2D eigenvalue weighted by Gasteiger charge is -2.30. The molecule has 0 bridgehead atoms. The van der Waals surface area contributed by atoms with Gasteiger partial charge in [-0.1, -0.05) is 0 Å². The first-order valence-electron chi connectivity index (χ1n) is 5.69. The van der Waals surface area contributed by atoms with Crippen molar-refractivity contribution >= 4 is 11.6 Å². The number of rotatable bonds is 3. The third kappa shape index (κ3) is 2.83. The Kier molecular flexibility index (Phi) is 3.56. The van der Waals surface area contributed by atoms with Gasteiger partial charge in [0.15, 0.2) is 0 Å². The number of aliphatic hydroxyl groups excluding tert-OH is 1. The monoisotopic (exact) mass is 254 g/mol. The van der Waals surface area contributed by atoms with Crippen LogP contribution in [0.4, 0.5) is 5.69 Å². The molecule has 0 aromatic carbocycles. The fourth-order valence-electron chi connectivity index (χ4n) is 1.95. The van der Waals surface area contributed by atoms with E-state index in [0.717, 1.165) is 12.6 Å². The normalized spacial score (nSPS) is 19.8. The molecule has 8 nitrogen and oxygen atoms in total. The van der Waals surface area contributed by atoms with Crippen molar-refractivity contribution in [1.29, 1.82) is 0 Å². The lowest BCUT2D eigenvalue weighted by Crippen LogP contribution is -2.43. The smallest absolute Gasteiger partial charge is 0.307 e. The van der Waals surface area contributed by atoms with E-state index in [2.05, 4.69) is 5.10 Å². The molecular formula is C10H14N4O4. The van der Waals surface area contributed by atoms with Crippen LogP contribution in [0.1, 0.15) is 12.8 Å². The molecule has 0 aliphatic carbocycles. The first-order chi connectivity index (χ1) is 8.56. The van der Waals surface area contributed by atoms with E-state index < -0.39 is 11.0 Å². The fourth-order valence-corrected chi connectivity index (χ4v) is 1.95. The zero-order valence-corrected chi connectivity index (χ0v) is 9.73. The Hall–Kier alpha value is -1.96. The average Bonchev–Trinajstić information content (AvgIpc) is 2.77. The van der Waals surface area contributed by atoms with Crippen molar-refractivity contribution in [3.05, 3.63) is 22.5 Å². The Labute approximate surface area is 103 Å².